The molecule has 1 saturated heterocycles. The Hall–Kier alpha value is -2.37. The van der Waals surface area contributed by atoms with Gasteiger partial charge in [0.15, 0.2) is 5.96 Å². The molecule has 32 heavy (non-hydrogen) atoms. The predicted octanol–water partition coefficient (Wildman–Crippen LogP) is 5.46. The lowest BCUT2D eigenvalue weighted by molar-refractivity contribution is -0.133. The van der Waals surface area contributed by atoms with Gasteiger partial charge in [-0.15, -0.1) is 0 Å². The molecule has 2 aliphatic rings. The fraction of sp³-hybridized carbons (Fsp3) is 0.462. The van der Waals surface area contributed by atoms with Crippen molar-refractivity contribution in [3.63, 3.8) is 0 Å². The summed E-state index contributed by atoms with van der Waals surface area (Å²) in [5.74, 6) is 0.622. The van der Waals surface area contributed by atoms with Crippen molar-refractivity contribution in [2.24, 2.45) is 10.7 Å². The molecule has 1 fully saturated rings. The van der Waals surface area contributed by atoms with Crippen LogP contribution in [-0.4, -0.2) is 35.5 Å². The van der Waals surface area contributed by atoms with Crippen LogP contribution in [0.1, 0.15) is 64.0 Å². The highest BCUT2D eigenvalue weighted by Crippen LogP contribution is 2.43. The molecule has 2 aliphatic heterocycles. The average molecular weight is 454 g/mol. The number of hydrogen-bond acceptors (Lipinski definition) is 4. The van der Waals surface area contributed by atoms with Crippen molar-refractivity contribution in [2.45, 2.75) is 70.6 Å². The van der Waals surface area contributed by atoms with E-state index in [1.165, 1.54) is 5.56 Å². The largest absolute Gasteiger partial charge is 0.378 e. The van der Waals surface area contributed by atoms with E-state index in [0.29, 0.717) is 17.5 Å². The van der Waals surface area contributed by atoms with Gasteiger partial charge in [0.05, 0.1) is 23.1 Å². The van der Waals surface area contributed by atoms with Crippen LogP contribution in [0.5, 0.6) is 0 Å². The molecule has 2 N–H and O–H groups in total. The van der Waals surface area contributed by atoms with E-state index in [2.05, 4.69) is 32.0 Å². The first-order chi connectivity index (χ1) is 15.2. The highest BCUT2D eigenvalue weighted by Gasteiger charge is 2.42. The molecule has 0 aliphatic carbocycles. The molecule has 2 heterocycles. The van der Waals surface area contributed by atoms with E-state index in [1.807, 2.05) is 38.1 Å². The van der Waals surface area contributed by atoms with Gasteiger partial charge < -0.3 is 10.5 Å². The normalized spacial score (nSPS) is 26.4. The molecule has 4 rings (SSSR count). The molecule has 0 radical (unpaired) electrons. The van der Waals surface area contributed by atoms with E-state index >= 15 is 0 Å². The fourth-order valence-electron chi connectivity index (χ4n) is 5.01. The second-order valence-corrected chi connectivity index (χ2v) is 9.83. The van der Waals surface area contributed by atoms with Crippen molar-refractivity contribution in [3.05, 3.63) is 58.6 Å². The molecule has 3 atom stereocenters. The Morgan fingerprint density at radius 2 is 1.91 bits per heavy atom. The first-order valence-corrected chi connectivity index (χ1v) is 11.8. The van der Waals surface area contributed by atoms with Crippen molar-refractivity contribution < 1.29 is 9.53 Å². The van der Waals surface area contributed by atoms with E-state index in [1.54, 1.807) is 4.90 Å². The van der Waals surface area contributed by atoms with Gasteiger partial charge in [-0.2, -0.15) is 0 Å². The van der Waals surface area contributed by atoms with Crippen LogP contribution in [0.2, 0.25) is 5.02 Å². The van der Waals surface area contributed by atoms with Crippen LogP contribution in [0.3, 0.4) is 0 Å². The summed E-state index contributed by atoms with van der Waals surface area (Å²) in [7, 11) is 0. The van der Waals surface area contributed by atoms with Crippen LogP contribution in [-0.2, 0) is 15.1 Å². The summed E-state index contributed by atoms with van der Waals surface area (Å²) in [6.07, 6.45) is 1.87. The highest BCUT2D eigenvalue weighted by molar-refractivity contribution is 6.34. The highest BCUT2D eigenvalue weighted by atomic mass is 35.5. The van der Waals surface area contributed by atoms with E-state index < -0.39 is 5.54 Å². The van der Waals surface area contributed by atoms with E-state index in [4.69, 9.17) is 27.1 Å². The van der Waals surface area contributed by atoms with Crippen molar-refractivity contribution in [2.75, 3.05) is 6.61 Å². The van der Waals surface area contributed by atoms with Crippen LogP contribution >= 0.6 is 11.6 Å². The van der Waals surface area contributed by atoms with Crippen LogP contribution in [0, 0.1) is 0 Å². The quantitative estimate of drug-likeness (QED) is 0.668. The first kappa shape index (κ1) is 22.8. The van der Waals surface area contributed by atoms with Gasteiger partial charge in [-0.25, -0.2) is 4.99 Å². The van der Waals surface area contributed by atoms with Gasteiger partial charge >= 0.3 is 0 Å². The average Bonchev–Trinajstić information content (AvgIpc) is 2.73. The molecule has 0 spiro atoms. The number of aliphatic imine (C=N–C) groups is 1. The SMILES string of the molecule is CC(C)c1ccccc1-c1cccc([C@]2(C)CC(=O)N([C@H]3CCO[C@@H](C)C3)C(N)=N2)c1Cl. The molecule has 0 bridgehead atoms. The minimum Gasteiger partial charge on any atom is -0.378 e. The second-order valence-electron chi connectivity index (χ2n) is 9.45. The first-order valence-electron chi connectivity index (χ1n) is 11.4. The maximum Gasteiger partial charge on any atom is 0.232 e. The summed E-state index contributed by atoms with van der Waals surface area (Å²) < 4.78 is 5.64. The number of carbonyl (C=O) groups is 1. The standard InChI is InChI=1S/C26H32ClN3O2/c1-16(2)19-8-5-6-9-20(19)21-10-7-11-22(24(21)27)26(4)15-23(31)30(25(28)29-26)18-12-13-32-17(3)14-18/h5-11,16-18H,12-15H2,1-4H3,(H2,28,29)/t17-,18-,26-/m0/s1. The smallest absolute Gasteiger partial charge is 0.232 e. The summed E-state index contributed by atoms with van der Waals surface area (Å²) in [5.41, 5.74) is 9.70. The van der Waals surface area contributed by atoms with E-state index in [0.717, 1.165) is 29.5 Å². The molecule has 2 aromatic carbocycles. The lowest BCUT2D eigenvalue weighted by Crippen LogP contribution is -2.56. The number of ether oxygens (including phenoxy) is 1. The van der Waals surface area contributed by atoms with Gasteiger partial charge in [-0.1, -0.05) is 67.9 Å². The Morgan fingerprint density at radius 3 is 2.59 bits per heavy atom. The molecule has 5 nitrogen and oxygen atoms in total. The molecule has 2 aromatic rings. The number of benzene rings is 2. The number of hydrogen-bond donors (Lipinski definition) is 1. The lowest BCUT2D eigenvalue weighted by atomic mass is 9.84. The van der Waals surface area contributed by atoms with Crippen LogP contribution in [0.4, 0.5) is 0 Å². The number of carbonyl (C=O) groups excluding carboxylic acids is 1. The molecule has 0 unspecified atom stereocenters. The Morgan fingerprint density at radius 1 is 1.19 bits per heavy atom. The number of nitrogens with zero attached hydrogens (tertiary/aromatic N) is 2. The summed E-state index contributed by atoms with van der Waals surface area (Å²) in [6, 6.07) is 14.3. The minimum absolute atomic E-state index is 0.0110. The second kappa shape index (κ2) is 8.87. The summed E-state index contributed by atoms with van der Waals surface area (Å²) in [6.45, 7) is 8.95. The van der Waals surface area contributed by atoms with Gasteiger partial charge in [0, 0.05) is 18.2 Å². The zero-order chi connectivity index (χ0) is 23.0. The third kappa shape index (κ3) is 4.16. The summed E-state index contributed by atoms with van der Waals surface area (Å²) in [5, 5.41) is 0.626. The number of halogens is 1. The number of rotatable bonds is 4. The van der Waals surface area contributed by atoms with E-state index in [9.17, 15) is 4.79 Å². The fourth-order valence-corrected chi connectivity index (χ4v) is 5.44. The van der Waals surface area contributed by atoms with Crippen molar-refractivity contribution in [3.8, 4) is 11.1 Å². The van der Waals surface area contributed by atoms with Crippen molar-refractivity contribution in [1.82, 2.24) is 4.90 Å². The zero-order valence-corrected chi connectivity index (χ0v) is 20.0. The maximum absolute atomic E-state index is 13.3. The van der Waals surface area contributed by atoms with Gasteiger partial charge in [-0.3, -0.25) is 9.69 Å². The zero-order valence-electron chi connectivity index (χ0n) is 19.3. The van der Waals surface area contributed by atoms with Gasteiger partial charge in [-0.05, 0) is 49.3 Å². The summed E-state index contributed by atoms with van der Waals surface area (Å²) >= 11 is 6.99. The molecule has 1 amide bonds. The number of amides is 1. The number of nitrogens with two attached hydrogens (primary N) is 1. The Labute approximate surface area is 195 Å². The minimum atomic E-state index is -0.811. The monoisotopic (exact) mass is 453 g/mol. The van der Waals surface area contributed by atoms with Crippen molar-refractivity contribution >= 4 is 23.5 Å². The molecule has 170 valence electrons. The molecule has 0 aromatic heterocycles. The maximum atomic E-state index is 13.3. The Balaban J connectivity index is 1.73. The Bertz CT molecular complexity index is 1050. The summed E-state index contributed by atoms with van der Waals surface area (Å²) in [4.78, 5) is 19.8. The molecule has 0 saturated carbocycles. The van der Waals surface area contributed by atoms with Crippen molar-refractivity contribution in [1.29, 1.82) is 0 Å². The third-order valence-corrected chi connectivity index (χ3v) is 7.05. The van der Waals surface area contributed by atoms with E-state index in [-0.39, 0.29) is 30.4 Å². The van der Waals surface area contributed by atoms with Crippen LogP contribution < -0.4 is 5.73 Å². The lowest BCUT2D eigenvalue weighted by Gasteiger charge is -2.41. The van der Waals surface area contributed by atoms with Crippen LogP contribution in [0.25, 0.3) is 11.1 Å². The van der Waals surface area contributed by atoms with Gasteiger partial charge in [0.1, 0.15) is 0 Å². The van der Waals surface area contributed by atoms with Gasteiger partial charge in [0.2, 0.25) is 5.91 Å². The molecule has 6 heteroatoms. The van der Waals surface area contributed by atoms with Crippen LogP contribution in [0.15, 0.2) is 47.5 Å². The predicted molar refractivity (Wildman–Crippen MR) is 130 cm³/mol. The third-order valence-electron chi connectivity index (χ3n) is 6.65. The number of guanidine groups is 1. The van der Waals surface area contributed by atoms with Gasteiger partial charge in [0.25, 0.3) is 0 Å². The topological polar surface area (TPSA) is 67.9 Å². The Kier molecular flexibility index (Phi) is 6.33. The molecular formula is C26H32ClN3O2. The molecular weight excluding hydrogens is 422 g/mol.